The van der Waals surface area contributed by atoms with Gasteiger partial charge in [0.05, 0.1) is 19.8 Å². The number of Topliss-reactive ketones (excluding diaryl/α,β-unsaturated/α-hetero) is 1. The van der Waals surface area contributed by atoms with Gasteiger partial charge in [-0.25, -0.2) is 0 Å². The molecule has 1 aromatic rings. The van der Waals surface area contributed by atoms with E-state index in [4.69, 9.17) is 4.74 Å². The van der Waals surface area contributed by atoms with Gasteiger partial charge in [-0.15, -0.1) is 0 Å². The van der Waals surface area contributed by atoms with Gasteiger partial charge in [-0.05, 0) is 56.1 Å². The first-order valence-electron chi connectivity index (χ1n) is 9.96. The summed E-state index contributed by atoms with van der Waals surface area (Å²) in [4.78, 5) is 40.7. The topological polar surface area (TPSA) is 76.2 Å². The molecule has 3 heterocycles. The first-order chi connectivity index (χ1) is 13.6. The number of rotatable bonds is 5. The summed E-state index contributed by atoms with van der Waals surface area (Å²) in [5.74, 6) is 0.688. The lowest BCUT2D eigenvalue weighted by Crippen LogP contribution is -2.47. The van der Waals surface area contributed by atoms with Crippen molar-refractivity contribution in [2.45, 2.75) is 31.7 Å². The highest BCUT2D eigenvalue weighted by atomic mass is 16.5. The van der Waals surface area contributed by atoms with E-state index in [1.54, 1.807) is 4.90 Å². The van der Waals surface area contributed by atoms with Gasteiger partial charge in [0.1, 0.15) is 12.3 Å². The molecule has 7 heteroatoms. The third kappa shape index (κ3) is 3.63. The second-order valence-electron chi connectivity index (χ2n) is 7.74. The van der Waals surface area contributed by atoms with Crippen LogP contribution in [0.4, 0.5) is 0 Å². The van der Waals surface area contributed by atoms with Crippen LogP contribution in [0.1, 0.15) is 35.2 Å². The third-order valence-corrected chi connectivity index (χ3v) is 6.13. The van der Waals surface area contributed by atoms with Crippen molar-refractivity contribution >= 4 is 17.7 Å². The lowest BCUT2D eigenvalue weighted by Gasteiger charge is -2.34. The molecule has 1 aromatic carbocycles. The molecule has 150 valence electrons. The standard InChI is InChI=1S/C21H26N2O5/c1-27-19(24)13-23-10-6-17(21(23)26)22-8-4-14(5-9-22)20(25)16-2-3-18-15(12-16)7-11-28-18/h2-3,12,14,17H,4-11,13H2,1H3. The number of carbonyl (C=O) groups excluding carboxylic acids is 3. The Morgan fingerprint density at radius 2 is 1.96 bits per heavy atom. The van der Waals surface area contributed by atoms with Crippen LogP contribution in [-0.4, -0.2) is 73.4 Å². The van der Waals surface area contributed by atoms with Crippen molar-refractivity contribution in [3.05, 3.63) is 29.3 Å². The number of amides is 1. The Morgan fingerprint density at radius 3 is 2.71 bits per heavy atom. The maximum Gasteiger partial charge on any atom is 0.325 e. The molecule has 2 fully saturated rings. The Labute approximate surface area is 164 Å². The van der Waals surface area contributed by atoms with Gasteiger partial charge in [-0.3, -0.25) is 19.3 Å². The van der Waals surface area contributed by atoms with Gasteiger partial charge >= 0.3 is 5.97 Å². The molecule has 0 radical (unpaired) electrons. The SMILES string of the molecule is COC(=O)CN1CCC(N2CCC(C(=O)c3ccc4c(c3)CCO4)CC2)C1=O. The fourth-order valence-corrected chi connectivity index (χ4v) is 4.49. The number of likely N-dealkylation sites (tertiary alicyclic amines) is 2. The first kappa shape index (κ1) is 18.9. The zero-order chi connectivity index (χ0) is 19.7. The summed E-state index contributed by atoms with van der Waals surface area (Å²) in [5.41, 5.74) is 1.88. The van der Waals surface area contributed by atoms with Gasteiger partial charge in [0.15, 0.2) is 5.78 Å². The highest BCUT2D eigenvalue weighted by Crippen LogP contribution is 2.30. The number of nitrogens with zero attached hydrogens (tertiary/aromatic N) is 2. The van der Waals surface area contributed by atoms with Crippen molar-refractivity contribution in [1.29, 1.82) is 0 Å². The maximum atomic E-state index is 12.9. The number of ketones is 1. The summed E-state index contributed by atoms with van der Waals surface area (Å²) in [6.07, 6.45) is 3.10. The molecule has 4 rings (SSSR count). The van der Waals surface area contributed by atoms with Crippen LogP contribution < -0.4 is 4.74 Å². The zero-order valence-electron chi connectivity index (χ0n) is 16.2. The minimum absolute atomic E-state index is 0.000649. The Morgan fingerprint density at radius 1 is 1.18 bits per heavy atom. The first-order valence-corrected chi connectivity index (χ1v) is 9.96. The number of piperidine rings is 1. The lowest BCUT2D eigenvalue weighted by molar-refractivity contribution is -0.146. The molecule has 0 aliphatic carbocycles. The van der Waals surface area contributed by atoms with Crippen molar-refractivity contribution in [3.63, 3.8) is 0 Å². The number of hydrogen-bond donors (Lipinski definition) is 0. The number of benzene rings is 1. The fraction of sp³-hybridized carbons (Fsp3) is 0.571. The van der Waals surface area contributed by atoms with Crippen LogP contribution in [0.3, 0.4) is 0 Å². The van der Waals surface area contributed by atoms with Crippen LogP contribution in [-0.2, 0) is 20.7 Å². The van der Waals surface area contributed by atoms with Crippen LogP contribution in [0, 0.1) is 5.92 Å². The maximum absolute atomic E-state index is 12.9. The molecule has 1 amide bonds. The van der Waals surface area contributed by atoms with Gasteiger partial charge in [-0.2, -0.15) is 0 Å². The summed E-state index contributed by atoms with van der Waals surface area (Å²) >= 11 is 0. The largest absolute Gasteiger partial charge is 0.493 e. The normalized spacial score (nSPS) is 22.8. The van der Waals surface area contributed by atoms with E-state index in [2.05, 4.69) is 9.64 Å². The van der Waals surface area contributed by atoms with E-state index in [0.29, 0.717) is 13.2 Å². The minimum atomic E-state index is -0.391. The van der Waals surface area contributed by atoms with Crippen LogP contribution in [0.2, 0.25) is 0 Å². The summed E-state index contributed by atoms with van der Waals surface area (Å²) in [6.45, 7) is 2.74. The summed E-state index contributed by atoms with van der Waals surface area (Å²) < 4.78 is 10.2. The average molecular weight is 386 g/mol. The van der Waals surface area contributed by atoms with Crippen molar-refractivity contribution in [2.24, 2.45) is 5.92 Å². The van der Waals surface area contributed by atoms with E-state index in [0.717, 1.165) is 55.6 Å². The molecular weight excluding hydrogens is 360 g/mol. The van der Waals surface area contributed by atoms with Crippen LogP contribution >= 0.6 is 0 Å². The summed E-state index contributed by atoms with van der Waals surface area (Å²) in [7, 11) is 1.33. The molecule has 3 aliphatic rings. The van der Waals surface area contributed by atoms with Gasteiger partial charge in [0.25, 0.3) is 0 Å². The van der Waals surface area contributed by atoms with Crippen LogP contribution in [0.15, 0.2) is 18.2 Å². The van der Waals surface area contributed by atoms with Crippen LogP contribution in [0.25, 0.3) is 0 Å². The molecule has 0 saturated carbocycles. The predicted octanol–water partition coefficient (Wildman–Crippen LogP) is 1.29. The average Bonchev–Trinajstić information content (AvgIpc) is 3.34. The molecule has 2 saturated heterocycles. The van der Waals surface area contributed by atoms with E-state index in [9.17, 15) is 14.4 Å². The molecule has 28 heavy (non-hydrogen) atoms. The highest BCUT2D eigenvalue weighted by Gasteiger charge is 2.39. The summed E-state index contributed by atoms with van der Waals surface area (Å²) in [6, 6.07) is 5.56. The van der Waals surface area contributed by atoms with Gasteiger partial charge in [-0.1, -0.05) is 0 Å². The Hall–Kier alpha value is -2.41. The zero-order valence-corrected chi connectivity index (χ0v) is 16.2. The second kappa shape index (κ2) is 7.91. The molecular formula is C21H26N2O5. The highest BCUT2D eigenvalue weighted by molar-refractivity contribution is 5.98. The number of carbonyl (C=O) groups is 3. The molecule has 0 bridgehead atoms. The van der Waals surface area contributed by atoms with E-state index >= 15 is 0 Å². The number of fused-ring (bicyclic) bond motifs is 1. The van der Waals surface area contributed by atoms with Gasteiger partial charge in [0, 0.05) is 24.4 Å². The Kier molecular flexibility index (Phi) is 5.35. The Balaban J connectivity index is 1.33. The molecule has 3 aliphatic heterocycles. The molecule has 1 unspecified atom stereocenters. The fourth-order valence-electron chi connectivity index (χ4n) is 4.49. The molecule has 1 atom stereocenters. The molecule has 0 aromatic heterocycles. The molecule has 0 spiro atoms. The van der Waals surface area contributed by atoms with Crippen molar-refractivity contribution in [1.82, 2.24) is 9.80 Å². The minimum Gasteiger partial charge on any atom is -0.493 e. The van der Waals surface area contributed by atoms with Crippen molar-refractivity contribution < 1.29 is 23.9 Å². The summed E-state index contributed by atoms with van der Waals surface area (Å²) in [5, 5.41) is 0. The Bertz CT molecular complexity index is 785. The van der Waals surface area contributed by atoms with Crippen LogP contribution in [0.5, 0.6) is 5.75 Å². The number of hydrogen-bond acceptors (Lipinski definition) is 6. The number of ether oxygens (including phenoxy) is 2. The number of methoxy groups -OCH3 is 1. The van der Waals surface area contributed by atoms with E-state index in [-0.39, 0.29) is 30.2 Å². The van der Waals surface area contributed by atoms with Gasteiger partial charge in [0.2, 0.25) is 5.91 Å². The van der Waals surface area contributed by atoms with Crippen molar-refractivity contribution in [3.8, 4) is 5.75 Å². The number of esters is 1. The quantitative estimate of drug-likeness (QED) is 0.561. The van der Waals surface area contributed by atoms with Gasteiger partial charge < -0.3 is 14.4 Å². The monoisotopic (exact) mass is 386 g/mol. The van der Waals surface area contributed by atoms with E-state index in [1.165, 1.54) is 7.11 Å². The van der Waals surface area contributed by atoms with Crippen molar-refractivity contribution in [2.75, 3.05) is 39.9 Å². The third-order valence-electron chi connectivity index (χ3n) is 6.13. The molecule has 0 N–H and O–H groups in total. The second-order valence-corrected chi connectivity index (χ2v) is 7.74. The van der Waals surface area contributed by atoms with E-state index < -0.39 is 5.97 Å². The molecule has 7 nitrogen and oxygen atoms in total. The predicted molar refractivity (Wildman–Crippen MR) is 101 cm³/mol. The smallest absolute Gasteiger partial charge is 0.325 e. The lowest BCUT2D eigenvalue weighted by atomic mass is 9.87. The van der Waals surface area contributed by atoms with E-state index in [1.807, 2.05) is 18.2 Å².